The molecule has 1 aliphatic heterocycles. The first-order valence-electron chi connectivity index (χ1n) is 6.84. The maximum Gasteiger partial charge on any atom is 0.228 e. The first-order valence-corrected chi connectivity index (χ1v) is 6.84. The van der Waals surface area contributed by atoms with Crippen molar-refractivity contribution in [2.24, 2.45) is 11.8 Å². The molecule has 18 heavy (non-hydrogen) atoms. The maximum absolute atomic E-state index is 12.6. The van der Waals surface area contributed by atoms with E-state index in [4.69, 9.17) is 4.74 Å². The van der Waals surface area contributed by atoms with Crippen LogP contribution in [0.15, 0.2) is 0 Å². The quantitative estimate of drug-likeness (QED) is 0.833. The average molecular weight is 257 g/mol. The molecule has 0 spiro atoms. The first-order chi connectivity index (χ1) is 8.17. The summed E-state index contributed by atoms with van der Waals surface area (Å²) in [6.07, 6.45) is 0.0770. The van der Waals surface area contributed by atoms with Crippen LogP contribution in [0.5, 0.6) is 0 Å². The molecule has 106 valence electrons. The summed E-state index contributed by atoms with van der Waals surface area (Å²) in [5, 5.41) is 9.87. The Bertz CT molecular complexity index is 298. The number of likely N-dealkylation sites (N-methyl/N-ethyl adjacent to an activating group) is 1. The second-order valence-electron chi connectivity index (χ2n) is 6.10. The highest BCUT2D eigenvalue weighted by Gasteiger charge is 2.43. The fraction of sp³-hybridized carbons (Fsp3) is 0.929. The molecule has 4 atom stereocenters. The number of carbonyl (C=O) groups is 1. The lowest BCUT2D eigenvalue weighted by atomic mass is 9.88. The number of ether oxygens (including phenoxy) is 1. The molecule has 1 fully saturated rings. The Kier molecular flexibility index (Phi) is 4.78. The van der Waals surface area contributed by atoms with Gasteiger partial charge in [0.25, 0.3) is 0 Å². The molecule has 1 rings (SSSR count). The van der Waals surface area contributed by atoms with Gasteiger partial charge in [0.2, 0.25) is 5.91 Å². The number of aliphatic hydroxyl groups is 1. The van der Waals surface area contributed by atoms with Gasteiger partial charge in [0.1, 0.15) is 0 Å². The van der Waals surface area contributed by atoms with E-state index in [1.807, 2.05) is 20.8 Å². The van der Waals surface area contributed by atoms with Gasteiger partial charge in [-0.2, -0.15) is 0 Å². The van der Waals surface area contributed by atoms with Crippen LogP contribution in [0.25, 0.3) is 0 Å². The van der Waals surface area contributed by atoms with E-state index in [9.17, 15) is 9.90 Å². The summed E-state index contributed by atoms with van der Waals surface area (Å²) >= 11 is 0. The van der Waals surface area contributed by atoms with Crippen molar-refractivity contribution in [1.82, 2.24) is 4.90 Å². The van der Waals surface area contributed by atoms with Crippen molar-refractivity contribution in [2.75, 3.05) is 13.1 Å². The van der Waals surface area contributed by atoms with Gasteiger partial charge < -0.3 is 14.7 Å². The molecule has 1 aliphatic rings. The van der Waals surface area contributed by atoms with Crippen LogP contribution in [0.1, 0.15) is 41.5 Å². The van der Waals surface area contributed by atoms with Crippen LogP contribution in [0.2, 0.25) is 0 Å². The average Bonchev–Trinajstić information content (AvgIpc) is 2.48. The van der Waals surface area contributed by atoms with E-state index in [1.165, 1.54) is 0 Å². The number of hydrogen-bond donors (Lipinski definition) is 1. The summed E-state index contributed by atoms with van der Waals surface area (Å²) < 4.78 is 5.72. The second kappa shape index (κ2) is 5.57. The Morgan fingerprint density at radius 2 is 1.83 bits per heavy atom. The first kappa shape index (κ1) is 15.4. The third-order valence-electron chi connectivity index (χ3n) is 3.80. The van der Waals surface area contributed by atoms with Crippen molar-refractivity contribution in [1.29, 1.82) is 0 Å². The van der Waals surface area contributed by atoms with Crippen molar-refractivity contribution < 1.29 is 14.6 Å². The molecule has 0 bridgehead atoms. The molecule has 1 heterocycles. The standard InChI is InChI=1S/C14H27NO3/c1-7-15(8-14(5,6)17)13(16)12-9(2)10(3)18-11(12)4/h9-12,17H,7-8H2,1-6H3. The van der Waals surface area contributed by atoms with Crippen molar-refractivity contribution in [3.63, 3.8) is 0 Å². The Morgan fingerprint density at radius 1 is 1.28 bits per heavy atom. The van der Waals surface area contributed by atoms with Gasteiger partial charge in [-0.3, -0.25) is 4.79 Å². The molecule has 1 N–H and O–H groups in total. The third kappa shape index (κ3) is 3.45. The second-order valence-corrected chi connectivity index (χ2v) is 6.10. The van der Waals surface area contributed by atoms with E-state index >= 15 is 0 Å². The predicted octanol–water partition coefficient (Wildman–Crippen LogP) is 1.67. The van der Waals surface area contributed by atoms with Crippen LogP contribution in [0.3, 0.4) is 0 Å². The lowest BCUT2D eigenvalue weighted by Gasteiger charge is -2.32. The summed E-state index contributed by atoms with van der Waals surface area (Å²) in [5.74, 6) is 0.231. The van der Waals surface area contributed by atoms with Gasteiger partial charge in [-0.15, -0.1) is 0 Å². The van der Waals surface area contributed by atoms with E-state index in [2.05, 4.69) is 6.92 Å². The molecule has 1 saturated heterocycles. The van der Waals surface area contributed by atoms with Crippen molar-refractivity contribution in [3.05, 3.63) is 0 Å². The van der Waals surface area contributed by atoms with Crippen LogP contribution in [0, 0.1) is 11.8 Å². The highest BCUT2D eigenvalue weighted by molar-refractivity contribution is 5.80. The molecule has 4 heteroatoms. The fourth-order valence-electron chi connectivity index (χ4n) is 2.72. The molecule has 1 amide bonds. The van der Waals surface area contributed by atoms with E-state index in [0.29, 0.717) is 13.1 Å². The zero-order valence-corrected chi connectivity index (χ0v) is 12.4. The summed E-state index contributed by atoms with van der Waals surface area (Å²) in [5.41, 5.74) is -0.858. The molecule has 0 saturated carbocycles. The number of carbonyl (C=O) groups excluding carboxylic acids is 1. The minimum atomic E-state index is -0.858. The van der Waals surface area contributed by atoms with Crippen molar-refractivity contribution >= 4 is 5.91 Å². The molecular formula is C14H27NO3. The molecule has 0 aromatic carbocycles. The molecule has 4 nitrogen and oxygen atoms in total. The summed E-state index contributed by atoms with van der Waals surface area (Å²) in [6, 6.07) is 0. The zero-order valence-electron chi connectivity index (χ0n) is 12.4. The number of nitrogens with zero attached hydrogens (tertiary/aromatic N) is 1. The molecule has 0 aliphatic carbocycles. The van der Waals surface area contributed by atoms with Crippen LogP contribution < -0.4 is 0 Å². The van der Waals surface area contributed by atoms with Crippen LogP contribution in [-0.2, 0) is 9.53 Å². The molecule has 4 unspecified atom stereocenters. The van der Waals surface area contributed by atoms with Gasteiger partial charge in [0, 0.05) is 13.1 Å². The lowest BCUT2D eigenvalue weighted by molar-refractivity contribution is -0.140. The van der Waals surface area contributed by atoms with Gasteiger partial charge >= 0.3 is 0 Å². The lowest BCUT2D eigenvalue weighted by Crippen LogP contribution is -2.47. The zero-order chi connectivity index (χ0) is 14.1. The third-order valence-corrected chi connectivity index (χ3v) is 3.80. The Hall–Kier alpha value is -0.610. The summed E-state index contributed by atoms with van der Waals surface area (Å²) in [6.45, 7) is 12.4. The topological polar surface area (TPSA) is 49.8 Å². The molecule has 0 radical (unpaired) electrons. The minimum Gasteiger partial charge on any atom is -0.389 e. The minimum absolute atomic E-state index is 0.0432. The number of amides is 1. The molecule has 0 aromatic rings. The van der Waals surface area contributed by atoms with E-state index in [-0.39, 0.29) is 30.0 Å². The van der Waals surface area contributed by atoms with Crippen LogP contribution in [0.4, 0.5) is 0 Å². The van der Waals surface area contributed by atoms with Gasteiger partial charge in [0.15, 0.2) is 0 Å². The Balaban J connectivity index is 2.78. The van der Waals surface area contributed by atoms with Gasteiger partial charge in [0.05, 0.1) is 23.7 Å². The SMILES string of the molecule is CCN(CC(C)(C)O)C(=O)C1C(C)OC(C)C1C. The summed E-state index contributed by atoms with van der Waals surface area (Å²) in [7, 11) is 0. The predicted molar refractivity (Wildman–Crippen MR) is 71.2 cm³/mol. The van der Waals surface area contributed by atoms with Gasteiger partial charge in [-0.05, 0) is 40.5 Å². The largest absolute Gasteiger partial charge is 0.389 e. The van der Waals surface area contributed by atoms with Crippen molar-refractivity contribution in [3.8, 4) is 0 Å². The number of hydrogen-bond acceptors (Lipinski definition) is 3. The maximum atomic E-state index is 12.6. The monoisotopic (exact) mass is 257 g/mol. The normalized spacial score (nSPS) is 32.6. The highest BCUT2D eigenvalue weighted by Crippen LogP contribution is 2.33. The van der Waals surface area contributed by atoms with E-state index in [1.54, 1.807) is 18.7 Å². The van der Waals surface area contributed by atoms with Gasteiger partial charge in [-0.25, -0.2) is 0 Å². The number of rotatable bonds is 4. The summed E-state index contributed by atoms with van der Waals surface area (Å²) in [4.78, 5) is 14.3. The fourth-order valence-corrected chi connectivity index (χ4v) is 2.72. The van der Waals surface area contributed by atoms with Crippen LogP contribution in [-0.4, -0.2) is 46.8 Å². The van der Waals surface area contributed by atoms with Crippen molar-refractivity contribution in [2.45, 2.75) is 59.4 Å². The Morgan fingerprint density at radius 3 is 2.17 bits per heavy atom. The van der Waals surface area contributed by atoms with E-state index < -0.39 is 5.60 Å². The smallest absolute Gasteiger partial charge is 0.228 e. The molecular weight excluding hydrogens is 230 g/mol. The van der Waals surface area contributed by atoms with Gasteiger partial charge in [-0.1, -0.05) is 6.92 Å². The highest BCUT2D eigenvalue weighted by atomic mass is 16.5. The molecule has 0 aromatic heterocycles. The van der Waals surface area contributed by atoms with Crippen LogP contribution >= 0.6 is 0 Å². The Labute approximate surface area is 110 Å². The van der Waals surface area contributed by atoms with E-state index in [0.717, 1.165) is 0 Å².